The molecule has 0 bridgehead atoms. The zero-order valence-electron chi connectivity index (χ0n) is 9.96. The average Bonchev–Trinajstić information content (AvgIpc) is 1.82. The summed E-state index contributed by atoms with van der Waals surface area (Å²) in [6, 6.07) is 0. The summed E-state index contributed by atoms with van der Waals surface area (Å²) in [6.07, 6.45) is -0.167. The molecule has 0 atom stereocenters. The molecule has 0 spiro atoms. The molecule has 0 aromatic heterocycles. The van der Waals surface area contributed by atoms with Crippen LogP contribution < -0.4 is 0 Å². The van der Waals surface area contributed by atoms with Crippen LogP contribution in [0.25, 0.3) is 0 Å². The Balaban J connectivity index is -0.000000135. The first-order valence-electron chi connectivity index (χ1n) is 4.52. The molecule has 0 aromatic carbocycles. The third-order valence-corrected chi connectivity index (χ3v) is 0.348. The number of rotatable bonds is 1. The zero-order chi connectivity index (χ0) is 12.1. The molecule has 0 aliphatic rings. The summed E-state index contributed by atoms with van der Waals surface area (Å²) < 4.78 is 4.40. The van der Waals surface area contributed by atoms with Crippen LogP contribution in [-0.4, -0.2) is 29.6 Å². The summed E-state index contributed by atoms with van der Waals surface area (Å²) in [6.45, 7) is 10.2. The summed E-state index contributed by atoms with van der Waals surface area (Å²) in [5, 5.41) is 8.06. The first-order chi connectivity index (χ1) is 6.23. The van der Waals surface area contributed by atoms with E-state index in [1.54, 1.807) is 20.8 Å². The summed E-state index contributed by atoms with van der Waals surface area (Å²) in [4.78, 5) is 19.3. The van der Waals surface area contributed by atoms with E-state index in [2.05, 4.69) is 4.74 Å². The number of aliphatic hydroxyl groups excluding tert-OH is 1. The van der Waals surface area contributed by atoms with Crippen LogP contribution in [0, 0.1) is 0 Å². The van der Waals surface area contributed by atoms with Gasteiger partial charge < -0.3 is 14.6 Å². The topological polar surface area (TPSA) is 63.6 Å². The van der Waals surface area contributed by atoms with Crippen LogP contribution in [0.1, 0.15) is 41.5 Å². The van der Waals surface area contributed by atoms with Crippen molar-refractivity contribution in [3.8, 4) is 0 Å². The van der Waals surface area contributed by atoms with E-state index >= 15 is 0 Å². The highest BCUT2D eigenvalue weighted by atomic mass is 16.5. The summed E-state index contributed by atoms with van der Waals surface area (Å²) >= 11 is 0. The lowest BCUT2D eigenvalue weighted by molar-refractivity contribution is -0.140. The van der Waals surface area contributed by atoms with Crippen molar-refractivity contribution in [1.29, 1.82) is 0 Å². The number of esters is 1. The molecule has 0 saturated heterocycles. The number of hydrogen-bond acceptors (Lipinski definition) is 4. The molecule has 4 heteroatoms. The maximum atomic E-state index is 9.82. The number of hydrogen-bond donors (Lipinski definition) is 1. The van der Waals surface area contributed by atoms with Crippen LogP contribution in [0.15, 0.2) is 0 Å². The van der Waals surface area contributed by atoms with E-state index in [0.29, 0.717) is 6.61 Å². The van der Waals surface area contributed by atoms with Crippen molar-refractivity contribution >= 4 is 11.8 Å². The SMILES string of the molecule is CC(C)=O.CC(C)O.CCOC(C)=O. The van der Waals surface area contributed by atoms with Crippen LogP contribution in [0.5, 0.6) is 0 Å². The lowest BCUT2D eigenvalue weighted by Crippen LogP contribution is -1.95. The van der Waals surface area contributed by atoms with E-state index in [4.69, 9.17) is 5.11 Å². The van der Waals surface area contributed by atoms with Crippen LogP contribution in [-0.2, 0) is 14.3 Å². The van der Waals surface area contributed by atoms with Crippen molar-refractivity contribution in [1.82, 2.24) is 0 Å². The van der Waals surface area contributed by atoms with Crippen molar-refractivity contribution in [3.05, 3.63) is 0 Å². The van der Waals surface area contributed by atoms with Gasteiger partial charge in [-0.15, -0.1) is 0 Å². The molecule has 0 aliphatic carbocycles. The van der Waals surface area contributed by atoms with E-state index < -0.39 is 0 Å². The molecule has 0 amide bonds. The fraction of sp³-hybridized carbons (Fsp3) is 0.800. The van der Waals surface area contributed by atoms with Crippen LogP contribution in [0.2, 0.25) is 0 Å². The molecule has 0 radical (unpaired) electrons. The van der Waals surface area contributed by atoms with Gasteiger partial charge in [-0.3, -0.25) is 4.79 Å². The molecule has 0 aromatic rings. The number of ketones is 1. The standard InChI is InChI=1S/C4H8O2.C3H8O.C3H6O/c1-3-6-4(2)5;2*1-3(2)4/h3H2,1-2H3;3-4H,1-2H3;1-2H3. The van der Waals surface area contributed by atoms with Gasteiger partial charge in [0.2, 0.25) is 0 Å². The molecular weight excluding hydrogens is 184 g/mol. The molecule has 4 nitrogen and oxygen atoms in total. The Hall–Kier alpha value is -0.900. The Bertz CT molecular complexity index is 134. The number of carbonyl (C=O) groups excluding carboxylic acids is 2. The fourth-order valence-electron chi connectivity index (χ4n) is 0.203. The van der Waals surface area contributed by atoms with Crippen LogP contribution in [0.3, 0.4) is 0 Å². The Morgan fingerprint density at radius 3 is 1.43 bits per heavy atom. The Morgan fingerprint density at radius 2 is 1.43 bits per heavy atom. The van der Waals surface area contributed by atoms with Gasteiger partial charge in [0.05, 0.1) is 6.61 Å². The van der Waals surface area contributed by atoms with Gasteiger partial charge in [0, 0.05) is 13.0 Å². The maximum absolute atomic E-state index is 9.82. The molecule has 0 unspecified atom stereocenters. The first kappa shape index (κ1) is 18.8. The molecule has 0 aliphatic heterocycles. The van der Waals surface area contributed by atoms with E-state index in [-0.39, 0.29) is 17.9 Å². The van der Waals surface area contributed by atoms with Gasteiger partial charge in [0.1, 0.15) is 5.78 Å². The highest BCUT2D eigenvalue weighted by molar-refractivity contribution is 5.72. The average molecular weight is 206 g/mol. The summed E-state index contributed by atoms with van der Waals surface area (Å²) in [7, 11) is 0. The number of ether oxygens (including phenoxy) is 1. The predicted octanol–water partition coefficient (Wildman–Crippen LogP) is 1.55. The Morgan fingerprint density at radius 1 is 1.21 bits per heavy atom. The van der Waals surface area contributed by atoms with Gasteiger partial charge in [-0.25, -0.2) is 0 Å². The minimum absolute atomic E-state index is 0.167. The lowest BCUT2D eigenvalue weighted by Gasteiger charge is -1.89. The Kier molecular flexibility index (Phi) is 19.6. The molecule has 0 heterocycles. The summed E-state index contributed by atoms with van der Waals surface area (Å²) in [5.74, 6) is -0.0440. The maximum Gasteiger partial charge on any atom is 0.302 e. The quantitative estimate of drug-likeness (QED) is 0.661. The van der Waals surface area contributed by atoms with Crippen molar-refractivity contribution < 1.29 is 19.4 Å². The van der Waals surface area contributed by atoms with E-state index in [1.165, 1.54) is 20.8 Å². The number of Topliss-reactive ketones (excluding diaryl/α,β-unsaturated/α-hetero) is 1. The van der Waals surface area contributed by atoms with Crippen LogP contribution >= 0.6 is 0 Å². The zero-order valence-corrected chi connectivity index (χ0v) is 9.96. The monoisotopic (exact) mass is 206 g/mol. The Labute approximate surface area is 86.3 Å². The van der Waals surface area contributed by atoms with E-state index in [0.717, 1.165) is 0 Å². The molecule has 14 heavy (non-hydrogen) atoms. The predicted molar refractivity (Wildman–Crippen MR) is 56.0 cm³/mol. The van der Waals surface area contributed by atoms with Gasteiger partial charge in [-0.2, -0.15) is 0 Å². The smallest absolute Gasteiger partial charge is 0.302 e. The van der Waals surface area contributed by atoms with E-state index in [9.17, 15) is 9.59 Å². The first-order valence-corrected chi connectivity index (χ1v) is 4.52. The lowest BCUT2D eigenvalue weighted by atomic mass is 10.5. The molecule has 1 N–H and O–H groups in total. The highest BCUT2D eigenvalue weighted by Gasteiger charge is 1.81. The molecule has 0 fully saturated rings. The minimum atomic E-state index is -0.211. The molecule has 0 saturated carbocycles. The summed E-state index contributed by atoms with van der Waals surface area (Å²) in [5.41, 5.74) is 0. The van der Waals surface area contributed by atoms with Crippen molar-refractivity contribution in [2.24, 2.45) is 0 Å². The van der Waals surface area contributed by atoms with Gasteiger partial charge in [-0.05, 0) is 34.6 Å². The van der Waals surface area contributed by atoms with Crippen molar-refractivity contribution in [2.45, 2.75) is 47.6 Å². The number of aliphatic hydroxyl groups is 1. The highest BCUT2D eigenvalue weighted by Crippen LogP contribution is 1.69. The third kappa shape index (κ3) is 257. The van der Waals surface area contributed by atoms with Crippen molar-refractivity contribution in [2.75, 3.05) is 6.61 Å². The van der Waals surface area contributed by atoms with Gasteiger partial charge in [0.25, 0.3) is 0 Å². The minimum Gasteiger partial charge on any atom is -0.466 e. The third-order valence-electron chi connectivity index (χ3n) is 0.348. The second kappa shape index (κ2) is 14.6. The second-order valence-electron chi connectivity index (χ2n) is 2.93. The number of carbonyl (C=O) groups is 2. The fourth-order valence-corrected chi connectivity index (χ4v) is 0.203. The second-order valence-corrected chi connectivity index (χ2v) is 2.93. The van der Waals surface area contributed by atoms with Crippen molar-refractivity contribution in [3.63, 3.8) is 0 Å². The van der Waals surface area contributed by atoms with Gasteiger partial charge in [0.15, 0.2) is 0 Å². The van der Waals surface area contributed by atoms with Gasteiger partial charge in [-0.1, -0.05) is 0 Å². The van der Waals surface area contributed by atoms with E-state index in [1.807, 2.05) is 0 Å². The van der Waals surface area contributed by atoms with Gasteiger partial charge >= 0.3 is 5.97 Å². The van der Waals surface area contributed by atoms with Crippen LogP contribution in [0.4, 0.5) is 0 Å². The largest absolute Gasteiger partial charge is 0.466 e. The molecule has 0 rings (SSSR count). The molecule has 86 valence electrons. The molecular formula is C10H22O4. The normalized spacial score (nSPS) is 7.71.